The Morgan fingerprint density at radius 3 is 2.65 bits per heavy atom. The number of halogens is 1. The number of anilines is 1. The molecule has 3 N–H and O–H groups in total. The van der Waals surface area contributed by atoms with E-state index in [1.165, 1.54) is 19.2 Å². The highest BCUT2D eigenvalue weighted by molar-refractivity contribution is 7.80. The normalized spacial score (nSPS) is 11.0. The van der Waals surface area contributed by atoms with E-state index in [9.17, 15) is 9.50 Å². The summed E-state index contributed by atoms with van der Waals surface area (Å²) in [6, 6.07) is 11.1. The van der Waals surface area contributed by atoms with Gasteiger partial charge in [-0.05, 0) is 43.4 Å². The Hall–Kier alpha value is -2.67. The first-order chi connectivity index (χ1) is 11.0. The van der Waals surface area contributed by atoms with E-state index in [0.29, 0.717) is 17.0 Å². The van der Waals surface area contributed by atoms with E-state index in [4.69, 9.17) is 17.0 Å². The van der Waals surface area contributed by atoms with Crippen molar-refractivity contribution in [2.45, 2.75) is 6.92 Å². The Morgan fingerprint density at radius 2 is 2.00 bits per heavy atom. The third-order valence-corrected chi connectivity index (χ3v) is 3.24. The number of hydrogen-bond donors (Lipinski definition) is 3. The monoisotopic (exact) mass is 333 g/mol. The lowest BCUT2D eigenvalue weighted by Crippen LogP contribution is -2.25. The summed E-state index contributed by atoms with van der Waals surface area (Å²) in [6.45, 7) is 1.71. The van der Waals surface area contributed by atoms with Gasteiger partial charge in [0.25, 0.3) is 0 Å². The van der Waals surface area contributed by atoms with Crippen molar-refractivity contribution in [2.75, 3.05) is 12.4 Å². The van der Waals surface area contributed by atoms with Gasteiger partial charge in [-0.3, -0.25) is 5.43 Å². The molecule has 0 fully saturated rings. The van der Waals surface area contributed by atoms with Gasteiger partial charge < -0.3 is 15.2 Å². The molecule has 0 amide bonds. The van der Waals surface area contributed by atoms with Gasteiger partial charge >= 0.3 is 0 Å². The van der Waals surface area contributed by atoms with Crippen LogP contribution in [-0.2, 0) is 0 Å². The van der Waals surface area contributed by atoms with Crippen molar-refractivity contribution in [3.63, 3.8) is 0 Å². The molecule has 7 heteroatoms. The van der Waals surface area contributed by atoms with Crippen LogP contribution < -0.4 is 15.5 Å². The average Bonchev–Trinajstić information content (AvgIpc) is 2.54. The van der Waals surface area contributed by atoms with Crippen LogP contribution in [0.4, 0.5) is 10.1 Å². The van der Waals surface area contributed by atoms with Gasteiger partial charge in [0.05, 0.1) is 18.5 Å². The zero-order chi connectivity index (χ0) is 16.8. The van der Waals surface area contributed by atoms with Gasteiger partial charge in [0, 0.05) is 11.6 Å². The lowest BCUT2D eigenvalue weighted by atomic mass is 10.1. The standard InChI is InChI=1S/C16H16FN3O2S/c1-10(12-8-7-11(22-2)9-15(12)21)19-20-16(23)18-14-6-4-3-5-13(14)17/h3-9,21H,1-2H3,(H2,18,20,23)/b19-10+. The molecule has 0 aliphatic carbocycles. The van der Waals surface area contributed by atoms with Crippen molar-refractivity contribution in [3.05, 3.63) is 53.8 Å². The number of nitrogens with zero attached hydrogens (tertiary/aromatic N) is 1. The van der Waals surface area contributed by atoms with Crippen molar-refractivity contribution < 1.29 is 14.2 Å². The minimum absolute atomic E-state index is 0.0420. The van der Waals surface area contributed by atoms with Gasteiger partial charge in [-0.1, -0.05) is 12.1 Å². The molecule has 0 spiro atoms. The zero-order valence-electron chi connectivity index (χ0n) is 12.6. The molecule has 0 unspecified atom stereocenters. The first kappa shape index (κ1) is 16.7. The third kappa shape index (κ3) is 4.40. The second-order valence-electron chi connectivity index (χ2n) is 4.63. The lowest BCUT2D eigenvalue weighted by molar-refractivity contribution is 0.407. The number of hydrogen-bond acceptors (Lipinski definition) is 4. The summed E-state index contributed by atoms with van der Waals surface area (Å²) < 4.78 is 18.5. The second kappa shape index (κ2) is 7.55. The highest BCUT2D eigenvalue weighted by Gasteiger charge is 2.07. The van der Waals surface area contributed by atoms with Gasteiger partial charge in [-0.15, -0.1) is 0 Å². The lowest BCUT2D eigenvalue weighted by Gasteiger charge is -2.10. The molecular formula is C16H16FN3O2S. The van der Waals surface area contributed by atoms with E-state index >= 15 is 0 Å². The number of nitrogens with one attached hydrogen (secondary N) is 2. The van der Waals surface area contributed by atoms with Crippen molar-refractivity contribution >= 4 is 28.7 Å². The van der Waals surface area contributed by atoms with Crippen LogP contribution in [0, 0.1) is 5.82 Å². The summed E-state index contributed by atoms with van der Waals surface area (Å²) in [6.07, 6.45) is 0. The van der Waals surface area contributed by atoms with Crippen LogP contribution in [0.15, 0.2) is 47.6 Å². The zero-order valence-corrected chi connectivity index (χ0v) is 13.4. The number of thiocarbonyl (C=S) groups is 1. The number of phenols is 1. The Morgan fingerprint density at radius 1 is 1.26 bits per heavy atom. The molecular weight excluding hydrogens is 317 g/mol. The average molecular weight is 333 g/mol. The van der Waals surface area contributed by atoms with Crippen molar-refractivity contribution in [2.24, 2.45) is 5.10 Å². The Balaban J connectivity index is 2.04. The minimum atomic E-state index is -0.412. The summed E-state index contributed by atoms with van der Waals surface area (Å²) in [5.41, 5.74) is 3.92. The van der Waals surface area contributed by atoms with E-state index in [2.05, 4.69) is 15.8 Å². The van der Waals surface area contributed by atoms with Gasteiger partial charge in [0.15, 0.2) is 5.11 Å². The summed E-state index contributed by atoms with van der Waals surface area (Å²) in [4.78, 5) is 0. The highest BCUT2D eigenvalue weighted by Crippen LogP contribution is 2.23. The SMILES string of the molecule is COc1ccc(/C(C)=N/NC(=S)Nc2ccccc2F)c(O)c1. The van der Waals surface area contributed by atoms with E-state index in [-0.39, 0.29) is 16.5 Å². The quantitative estimate of drug-likeness (QED) is 0.455. The highest BCUT2D eigenvalue weighted by atomic mass is 32.1. The molecule has 2 aromatic rings. The smallest absolute Gasteiger partial charge is 0.191 e. The molecule has 2 aromatic carbocycles. The number of rotatable bonds is 4. The Bertz CT molecular complexity index is 750. The van der Waals surface area contributed by atoms with Crippen molar-refractivity contribution in [1.82, 2.24) is 5.43 Å². The first-order valence-electron chi connectivity index (χ1n) is 6.74. The van der Waals surface area contributed by atoms with E-state index in [1.54, 1.807) is 37.3 Å². The fraction of sp³-hybridized carbons (Fsp3) is 0.125. The Kier molecular flexibility index (Phi) is 5.48. The fourth-order valence-corrected chi connectivity index (χ4v) is 2.01. The fourth-order valence-electron chi connectivity index (χ4n) is 1.85. The molecule has 5 nitrogen and oxygen atoms in total. The second-order valence-corrected chi connectivity index (χ2v) is 5.03. The van der Waals surface area contributed by atoms with Gasteiger partial charge in [0.1, 0.15) is 17.3 Å². The van der Waals surface area contributed by atoms with Crippen LogP contribution in [0.2, 0.25) is 0 Å². The maximum Gasteiger partial charge on any atom is 0.191 e. The van der Waals surface area contributed by atoms with Crippen LogP contribution in [0.25, 0.3) is 0 Å². The summed E-state index contributed by atoms with van der Waals surface area (Å²) in [7, 11) is 1.52. The molecule has 0 radical (unpaired) electrons. The summed E-state index contributed by atoms with van der Waals surface area (Å²) in [5, 5.41) is 16.9. The molecule has 0 aliphatic rings. The third-order valence-electron chi connectivity index (χ3n) is 3.04. The topological polar surface area (TPSA) is 65.9 Å². The van der Waals surface area contributed by atoms with Crippen LogP contribution in [0.3, 0.4) is 0 Å². The van der Waals surface area contributed by atoms with E-state index < -0.39 is 5.82 Å². The molecule has 0 atom stereocenters. The molecule has 0 heterocycles. The van der Waals surface area contributed by atoms with Crippen molar-refractivity contribution in [3.8, 4) is 11.5 Å². The number of methoxy groups -OCH3 is 1. The Labute approximate surface area is 138 Å². The number of phenolic OH excluding ortho intramolecular Hbond substituents is 1. The maximum atomic E-state index is 13.5. The molecule has 0 bridgehead atoms. The molecule has 0 aliphatic heterocycles. The van der Waals surface area contributed by atoms with Crippen LogP contribution >= 0.6 is 12.2 Å². The summed E-state index contributed by atoms with van der Waals surface area (Å²) >= 11 is 5.06. The van der Waals surface area contributed by atoms with Crippen LogP contribution in [-0.4, -0.2) is 23.0 Å². The number of benzene rings is 2. The predicted molar refractivity (Wildman–Crippen MR) is 92.6 cm³/mol. The van der Waals surface area contributed by atoms with E-state index in [0.717, 1.165) is 0 Å². The van der Waals surface area contributed by atoms with Crippen LogP contribution in [0.5, 0.6) is 11.5 Å². The first-order valence-corrected chi connectivity index (χ1v) is 7.15. The summed E-state index contributed by atoms with van der Waals surface area (Å²) in [5.74, 6) is 0.175. The number of aromatic hydroxyl groups is 1. The minimum Gasteiger partial charge on any atom is -0.507 e. The molecule has 0 aromatic heterocycles. The number of ether oxygens (including phenoxy) is 1. The predicted octanol–water partition coefficient (Wildman–Crippen LogP) is 3.25. The molecule has 23 heavy (non-hydrogen) atoms. The van der Waals surface area contributed by atoms with Gasteiger partial charge in [0.2, 0.25) is 0 Å². The number of hydrazone groups is 1. The molecule has 0 saturated carbocycles. The number of para-hydroxylation sites is 1. The van der Waals surface area contributed by atoms with Gasteiger partial charge in [-0.25, -0.2) is 4.39 Å². The van der Waals surface area contributed by atoms with Gasteiger partial charge in [-0.2, -0.15) is 5.10 Å². The van der Waals surface area contributed by atoms with Crippen LogP contribution in [0.1, 0.15) is 12.5 Å². The maximum absolute atomic E-state index is 13.5. The molecule has 2 rings (SSSR count). The largest absolute Gasteiger partial charge is 0.507 e. The molecule has 120 valence electrons. The molecule has 0 saturated heterocycles. The van der Waals surface area contributed by atoms with E-state index in [1.807, 2.05) is 0 Å². The van der Waals surface area contributed by atoms with Crippen molar-refractivity contribution in [1.29, 1.82) is 0 Å².